The molecule has 1 aromatic rings. The van der Waals surface area contributed by atoms with E-state index in [0.717, 1.165) is 13.4 Å². The molecule has 0 aliphatic rings. The van der Waals surface area contributed by atoms with Crippen LogP contribution in [0.4, 0.5) is 0 Å². The van der Waals surface area contributed by atoms with Crippen LogP contribution < -0.4 is 0 Å². The second kappa shape index (κ2) is 5.98. The largest absolute Gasteiger partial charge is 0.106 e. The van der Waals surface area contributed by atoms with Gasteiger partial charge in [-0.3, -0.25) is 0 Å². The third kappa shape index (κ3) is 3.54. The highest BCUT2D eigenvalue weighted by atomic mass is 79.9. The first-order valence-electron chi connectivity index (χ1n) is 2.81. The highest BCUT2D eigenvalue weighted by molar-refractivity contribution is 9.14. The Kier molecular flexibility index (Phi) is 6.19. The first kappa shape index (κ1) is 11.4. The van der Waals surface area contributed by atoms with E-state index in [9.17, 15) is 0 Å². The van der Waals surface area contributed by atoms with E-state index in [4.69, 9.17) is 0 Å². The van der Waals surface area contributed by atoms with Gasteiger partial charge < -0.3 is 0 Å². The molecule has 0 atom stereocenters. The Morgan fingerprint density at radius 3 is 1.55 bits per heavy atom. The van der Waals surface area contributed by atoms with Crippen LogP contribution in [0.2, 0.25) is 0 Å². The second-order valence-corrected chi connectivity index (χ2v) is 4.04. The van der Waals surface area contributed by atoms with Gasteiger partial charge >= 0.3 is 0 Å². The fourth-order valence-electron chi connectivity index (χ4n) is 0.477. The molecule has 0 nitrogen and oxygen atoms in total. The molecule has 0 radical (unpaired) electrons. The molecule has 0 aliphatic carbocycles. The fourth-order valence-corrected chi connectivity index (χ4v) is 1.74. The van der Waals surface area contributed by atoms with E-state index in [0.29, 0.717) is 0 Å². The van der Waals surface area contributed by atoms with Crippen LogP contribution in [0.1, 0.15) is 0 Å². The van der Waals surface area contributed by atoms with Crippen molar-refractivity contribution in [1.82, 2.24) is 0 Å². The molecule has 0 spiro atoms. The van der Waals surface area contributed by atoms with Crippen molar-refractivity contribution in [2.24, 2.45) is 0 Å². The molecule has 0 N–H and O–H groups in total. The van der Waals surface area contributed by atoms with E-state index in [1.165, 1.54) is 0 Å². The Hall–Kier alpha value is 0.400. The molecule has 0 saturated carbocycles. The summed E-state index contributed by atoms with van der Waals surface area (Å²) in [6, 6.07) is 5.93. The van der Waals surface area contributed by atoms with Crippen LogP contribution >= 0.6 is 47.8 Å². The van der Waals surface area contributed by atoms with Crippen molar-refractivity contribution in [1.29, 1.82) is 0 Å². The van der Waals surface area contributed by atoms with Crippen molar-refractivity contribution in [3.63, 3.8) is 0 Å². The van der Waals surface area contributed by atoms with Crippen LogP contribution in [0.25, 0.3) is 0 Å². The molecule has 0 amide bonds. The molecule has 0 saturated heterocycles. The van der Waals surface area contributed by atoms with E-state index in [1.54, 1.807) is 0 Å². The summed E-state index contributed by atoms with van der Waals surface area (Å²) >= 11 is 10.1. The van der Waals surface area contributed by atoms with Gasteiger partial charge in [-0.15, -0.1) is 13.2 Å². The molecule has 0 bridgehead atoms. The monoisotopic (exact) mass is 340 g/mol. The first-order valence-corrected chi connectivity index (χ1v) is 5.19. The van der Waals surface area contributed by atoms with Crippen molar-refractivity contribution in [2.75, 3.05) is 0 Å². The Bertz CT molecular complexity index is 213. The summed E-state index contributed by atoms with van der Waals surface area (Å²) in [5.74, 6) is 0. The predicted molar refractivity (Wildman–Crippen MR) is 60.8 cm³/mol. The minimum atomic E-state index is 1.06. The van der Waals surface area contributed by atoms with E-state index in [2.05, 4.69) is 60.9 Å². The summed E-state index contributed by atoms with van der Waals surface area (Å²) in [7, 11) is 0. The molecule has 3 heteroatoms. The lowest BCUT2D eigenvalue weighted by atomic mass is 10.4. The standard InChI is InChI=1S/C6H3Br3.C2H4/c7-4-2-1-3-5(8)6(4)9;1-2/h1-3H;1-2H2. The molecule has 11 heavy (non-hydrogen) atoms. The van der Waals surface area contributed by atoms with Crippen LogP contribution in [0.5, 0.6) is 0 Å². The quantitative estimate of drug-likeness (QED) is 0.470. The van der Waals surface area contributed by atoms with Gasteiger partial charge in [0.1, 0.15) is 0 Å². The molecule has 0 aliphatic heterocycles. The molecular weight excluding hydrogens is 336 g/mol. The third-order valence-corrected chi connectivity index (χ3v) is 4.14. The normalized spacial score (nSPS) is 8.27. The lowest BCUT2D eigenvalue weighted by Crippen LogP contribution is -1.69. The van der Waals surface area contributed by atoms with Gasteiger partial charge in [-0.05, 0) is 59.9 Å². The highest BCUT2D eigenvalue weighted by Crippen LogP contribution is 2.29. The lowest BCUT2D eigenvalue weighted by molar-refractivity contribution is 1.54. The maximum absolute atomic E-state index is 3.39. The average Bonchev–Trinajstić information content (AvgIpc) is 2.04. The van der Waals surface area contributed by atoms with Gasteiger partial charge in [-0.25, -0.2) is 0 Å². The van der Waals surface area contributed by atoms with Crippen molar-refractivity contribution < 1.29 is 0 Å². The van der Waals surface area contributed by atoms with Crippen molar-refractivity contribution in [3.05, 3.63) is 44.8 Å². The predicted octanol–water partition coefficient (Wildman–Crippen LogP) is 4.78. The first-order chi connectivity index (χ1) is 5.22. The molecule has 0 aromatic heterocycles. The van der Waals surface area contributed by atoms with Gasteiger partial charge in [0.05, 0.1) is 0 Å². The number of halogens is 3. The third-order valence-electron chi connectivity index (χ3n) is 0.904. The molecule has 1 aromatic carbocycles. The highest BCUT2D eigenvalue weighted by Gasteiger charge is 1.97. The van der Waals surface area contributed by atoms with Crippen molar-refractivity contribution in [3.8, 4) is 0 Å². The van der Waals surface area contributed by atoms with E-state index in [1.807, 2.05) is 18.2 Å². The van der Waals surface area contributed by atoms with Gasteiger partial charge in [0.15, 0.2) is 0 Å². The van der Waals surface area contributed by atoms with Gasteiger partial charge in [-0.1, -0.05) is 6.07 Å². The number of rotatable bonds is 0. The van der Waals surface area contributed by atoms with Crippen molar-refractivity contribution >= 4 is 47.8 Å². The minimum absolute atomic E-state index is 1.06. The van der Waals surface area contributed by atoms with Crippen LogP contribution in [-0.2, 0) is 0 Å². The maximum atomic E-state index is 3.39. The van der Waals surface area contributed by atoms with E-state index >= 15 is 0 Å². The Morgan fingerprint density at radius 2 is 1.27 bits per heavy atom. The Labute approximate surface area is 92.1 Å². The second-order valence-electron chi connectivity index (χ2n) is 1.54. The van der Waals surface area contributed by atoms with Gasteiger partial charge in [-0.2, -0.15) is 0 Å². The number of hydrogen-bond acceptors (Lipinski definition) is 0. The van der Waals surface area contributed by atoms with E-state index < -0.39 is 0 Å². The van der Waals surface area contributed by atoms with Crippen LogP contribution in [0.3, 0.4) is 0 Å². The molecule has 0 heterocycles. The van der Waals surface area contributed by atoms with Gasteiger partial charge in [0, 0.05) is 13.4 Å². The summed E-state index contributed by atoms with van der Waals surface area (Å²) in [5.41, 5.74) is 0. The average molecular weight is 343 g/mol. The molecule has 1 rings (SSSR count). The number of benzene rings is 1. The zero-order valence-electron chi connectivity index (χ0n) is 5.78. The smallest absolute Gasteiger partial charge is 0.0459 e. The molecule has 60 valence electrons. The van der Waals surface area contributed by atoms with Crippen LogP contribution in [0, 0.1) is 0 Å². The maximum Gasteiger partial charge on any atom is 0.0459 e. The van der Waals surface area contributed by atoms with E-state index in [-0.39, 0.29) is 0 Å². The SMILES string of the molecule is Brc1cccc(Br)c1Br.C=C. The fraction of sp³-hybridized carbons (Fsp3) is 0. The summed E-state index contributed by atoms with van der Waals surface area (Å²) in [6.07, 6.45) is 0. The van der Waals surface area contributed by atoms with Gasteiger partial charge in [0.25, 0.3) is 0 Å². The Balaban J connectivity index is 0.000000461. The molecular formula is C8H7Br3. The summed E-state index contributed by atoms with van der Waals surface area (Å²) in [6.45, 7) is 6.00. The molecule has 0 fully saturated rings. The number of hydrogen-bond donors (Lipinski definition) is 0. The van der Waals surface area contributed by atoms with Crippen LogP contribution in [-0.4, -0.2) is 0 Å². The summed E-state index contributed by atoms with van der Waals surface area (Å²) in [5, 5.41) is 0. The summed E-state index contributed by atoms with van der Waals surface area (Å²) < 4.78 is 3.19. The zero-order chi connectivity index (χ0) is 8.85. The van der Waals surface area contributed by atoms with Gasteiger partial charge in [0.2, 0.25) is 0 Å². The molecule has 0 unspecified atom stereocenters. The van der Waals surface area contributed by atoms with Crippen molar-refractivity contribution in [2.45, 2.75) is 0 Å². The van der Waals surface area contributed by atoms with Crippen LogP contribution in [0.15, 0.2) is 44.8 Å². The summed E-state index contributed by atoms with van der Waals surface area (Å²) in [4.78, 5) is 0. The Morgan fingerprint density at radius 1 is 0.909 bits per heavy atom. The topological polar surface area (TPSA) is 0 Å². The minimum Gasteiger partial charge on any atom is -0.106 e. The lowest BCUT2D eigenvalue weighted by Gasteiger charge is -1.95. The zero-order valence-corrected chi connectivity index (χ0v) is 10.5.